The number of ether oxygens (including phenoxy) is 3. The molecule has 0 fully saturated rings. The molecule has 0 spiro atoms. The van der Waals surface area contributed by atoms with Gasteiger partial charge in [0.25, 0.3) is 0 Å². The van der Waals surface area contributed by atoms with E-state index in [-0.39, 0.29) is 29.5 Å². The number of nitriles is 1. The summed E-state index contributed by atoms with van der Waals surface area (Å²) in [4.78, 5) is 20.8. The van der Waals surface area contributed by atoms with Gasteiger partial charge in [-0.2, -0.15) is 5.26 Å². The molecule has 0 unspecified atom stereocenters. The number of thioether (sulfide) groups is 1. The largest absolute Gasteiger partial charge is 0.496 e. The summed E-state index contributed by atoms with van der Waals surface area (Å²) < 4.78 is 29.4. The van der Waals surface area contributed by atoms with Gasteiger partial charge in [-0.25, -0.2) is 14.4 Å². The molecule has 1 heterocycles. The molecule has 0 amide bonds. The maximum absolute atomic E-state index is 14.2. The fourth-order valence-electron chi connectivity index (χ4n) is 2.12. The highest BCUT2D eigenvalue weighted by atomic mass is 32.2. The molecule has 0 aliphatic carbocycles. The predicted octanol–water partition coefficient (Wildman–Crippen LogP) is 2.98. The van der Waals surface area contributed by atoms with Crippen molar-refractivity contribution in [2.75, 3.05) is 32.6 Å². The van der Waals surface area contributed by atoms with Crippen LogP contribution < -0.4 is 14.8 Å². The Bertz CT molecular complexity index is 913. The summed E-state index contributed by atoms with van der Waals surface area (Å²) in [5, 5.41) is 12.1. The first-order valence-electron chi connectivity index (χ1n) is 7.81. The van der Waals surface area contributed by atoms with Crippen LogP contribution in [0.1, 0.15) is 16.1 Å². The van der Waals surface area contributed by atoms with Gasteiger partial charge < -0.3 is 19.5 Å². The van der Waals surface area contributed by atoms with Crippen molar-refractivity contribution < 1.29 is 23.4 Å². The minimum absolute atomic E-state index is 0.0705. The van der Waals surface area contributed by atoms with Crippen LogP contribution in [0.3, 0.4) is 0 Å². The third-order valence-corrected chi connectivity index (χ3v) is 4.02. The third kappa shape index (κ3) is 5.18. The van der Waals surface area contributed by atoms with Crippen LogP contribution in [0.2, 0.25) is 0 Å². The van der Waals surface area contributed by atoms with Crippen LogP contribution in [0.4, 0.5) is 10.2 Å². The molecule has 2 rings (SSSR count). The van der Waals surface area contributed by atoms with Crippen molar-refractivity contribution in [3.8, 4) is 17.6 Å². The fraction of sp³-hybridized carbons (Fsp3) is 0.222. The number of nitrogens with zero attached hydrogens (tertiary/aromatic N) is 3. The van der Waals surface area contributed by atoms with Crippen molar-refractivity contribution >= 4 is 23.4 Å². The Morgan fingerprint density at radius 2 is 2.14 bits per heavy atom. The van der Waals surface area contributed by atoms with Crippen molar-refractivity contribution in [2.45, 2.75) is 0 Å². The summed E-state index contributed by atoms with van der Waals surface area (Å²) >= 11 is 1.24. The van der Waals surface area contributed by atoms with Gasteiger partial charge in [0.15, 0.2) is 29.8 Å². The molecule has 8 nitrogen and oxygen atoms in total. The lowest BCUT2D eigenvalue weighted by Crippen LogP contribution is -2.10. The zero-order chi connectivity index (χ0) is 20.5. The van der Waals surface area contributed by atoms with Crippen LogP contribution in [-0.4, -0.2) is 43.0 Å². The predicted molar refractivity (Wildman–Crippen MR) is 102 cm³/mol. The number of nitrogens with one attached hydrogen (secondary N) is 1. The van der Waals surface area contributed by atoms with Gasteiger partial charge in [-0.3, -0.25) is 4.79 Å². The number of hydrogen-bond donors (Lipinski definition) is 1. The van der Waals surface area contributed by atoms with Gasteiger partial charge in [0, 0.05) is 13.2 Å². The van der Waals surface area contributed by atoms with Crippen LogP contribution in [0.15, 0.2) is 35.6 Å². The Hall–Kier alpha value is -3.16. The summed E-state index contributed by atoms with van der Waals surface area (Å²) in [5.41, 5.74) is 0.0968. The van der Waals surface area contributed by atoms with Crippen LogP contribution in [-0.2, 0) is 4.74 Å². The van der Waals surface area contributed by atoms with Gasteiger partial charge in [0.1, 0.15) is 23.2 Å². The minimum Gasteiger partial charge on any atom is -0.496 e. The fourth-order valence-corrected chi connectivity index (χ4v) is 2.55. The van der Waals surface area contributed by atoms with E-state index in [1.54, 1.807) is 6.26 Å². The van der Waals surface area contributed by atoms with Gasteiger partial charge in [-0.05, 0) is 18.4 Å². The lowest BCUT2D eigenvalue weighted by Gasteiger charge is -2.14. The number of halogens is 1. The van der Waals surface area contributed by atoms with E-state index in [0.29, 0.717) is 10.8 Å². The van der Waals surface area contributed by atoms with Crippen molar-refractivity contribution in [1.29, 1.82) is 5.26 Å². The molecule has 0 saturated carbocycles. The number of rotatable bonds is 9. The van der Waals surface area contributed by atoms with Gasteiger partial charge in [-0.15, -0.1) is 11.8 Å². The summed E-state index contributed by atoms with van der Waals surface area (Å²) in [6.45, 7) is -0.234. The van der Waals surface area contributed by atoms with Crippen molar-refractivity contribution in [1.82, 2.24) is 9.97 Å². The van der Waals surface area contributed by atoms with Gasteiger partial charge in [0.05, 0.1) is 24.5 Å². The molecule has 1 N–H and O–H groups in total. The average molecular weight is 404 g/mol. The highest BCUT2D eigenvalue weighted by Crippen LogP contribution is 2.33. The van der Waals surface area contributed by atoms with E-state index >= 15 is 0 Å². The molecular formula is C18H17FN4O4S. The van der Waals surface area contributed by atoms with Crippen molar-refractivity contribution in [2.24, 2.45) is 0 Å². The zero-order valence-corrected chi connectivity index (χ0v) is 16.2. The second kappa shape index (κ2) is 10.2. The second-order valence-corrected chi connectivity index (χ2v) is 5.95. The average Bonchev–Trinajstić information content (AvgIpc) is 2.72. The van der Waals surface area contributed by atoms with E-state index in [1.165, 1.54) is 50.5 Å². The molecule has 1 aromatic carbocycles. The Morgan fingerprint density at radius 1 is 1.36 bits per heavy atom. The first-order valence-corrected chi connectivity index (χ1v) is 9.03. The van der Waals surface area contributed by atoms with Gasteiger partial charge in [0.2, 0.25) is 0 Å². The number of ketones is 1. The molecular weight excluding hydrogens is 387 g/mol. The maximum atomic E-state index is 14.2. The lowest BCUT2D eigenvalue weighted by atomic mass is 10.1. The highest BCUT2D eigenvalue weighted by molar-refractivity contribution is 8.02. The zero-order valence-electron chi connectivity index (χ0n) is 15.4. The van der Waals surface area contributed by atoms with Crippen molar-refractivity contribution in [3.63, 3.8) is 0 Å². The Labute approximate surface area is 165 Å². The lowest BCUT2D eigenvalue weighted by molar-refractivity contribution is 0.0473. The molecule has 10 heteroatoms. The Kier molecular flexibility index (Phi) is 7.74. The summed E-state index contributed by atoms with van der Waals surface area (Å²) in [6.07, 6.45) is 5.67. The third-order valence-electron chi connectivity index (χ3n) is 3.36. The highest BCUT2D eigenvalue weighted by Gasteiger charge is 2.22. The van der Waals surface area contributed by atoms with Crippen LogP contribution in [0.5, 0.6) is 11.5 Å². The van der Waals surface area contributed by atoms with Crippen LogP contribution >= 0.6 is 11.8 Å². The SMILES string of the molecule is COCOc1c(F)ccc(OC)c1C(=O)C=C(Nc1cnc(C#N)cn1)SC. The molecule has 0 aliphatic heterocycles. The molecule has 0 aliphatic rings. The van der Waals surface area contributed by atoms with Crippen molar-refractivity contribution in [3.05, 3.63) is 52.7 Å². The molecule has 0 saturated heterocycles. The Balaban J connectivity index is 2.36. The molecule has 0 bridgehead atoms. The molecule has 0 radical (unpaired) electrons. The number of hydrogen-bond acceptors (Lipinski definition) is 9. The second-order valence-electron chi connectivity index (χ2n) is 5.11. The molecule has 28 heavy (non-hydrogen) atoms. The number of carbonyl (C=O) groups excluding carboxylic acids is 1. The Morgan fingerprint density at radius 3 is 2.71 bits per heavy atom. The number of carbonyl (C=O) groups is 1. The minimum atomic E-state index is -0.716. The maximum Gasteiger partial charge on any atom is 0.196 e. The molecule has 146 valence electrons. The van der Waals surface area contributed by atoms with E-state index in [0.717, 1.165) is 6.07 Å². The summed E-state index contributed by atoms with van der Waals surface area (Å²) in [5.74, 6) is -1.02. The number of methoxy groups -OCH3 is 2. The molecule has 2 aromatic rings. The molecule has 1 aromatic heterocycles. The van der Waals surface area contributed by atoms with E-state index in [9.17, 15) is 9.18 Å². The number of anilines is 1. The number of benzene rings is 1. The normalized spacial score (nSPS) is 10.9. The topological polar surface area (TPSA) is 106 Å². The number of allylic oxidation sites excluding steroid dienone is 1. The smallest absolute Gasteiger partial charge is 0.196 e. The van der Waals surface area contributed by atoms with Crippen LogP contribution in [0.25, 0.3) is 0 Å². The van der Waals surface area contributed by atoms with Crippen LogP contribution in [0, 0.1) is 17.1 Å². The van der Waals surface area contributed by atoms with E-state index in [1.807, 2.05) is 6.07 Å². The van der Waals surface area contributed by atoms with Gasteiger partial charge in [-0.1, -0.05) is 0 Å². The summed E-state index contributed by atoms with van der Waals surface area (Å²) in [6, 6.07) is 4.35. The number of aromatic nitrogens is 2. The summed E-state index contributed by atoms with van der Waals surface area (Å²) in [7, 11) is 2.75. The van der Waals surface area contributed by atoms with E-state index in [4.69, 9.17) is 19.5 Å². The van der Waals surface area contributed by atoms with E-state index < -0.39 is 11.6 Å². The van der Waals surface area contributed by atoms with E-state index in [2.05, 4.69) is 15.3 Å². The molecule has 0 atom stereocenters. The first kappa shape index (κ1) is 21.1. The standard InChI is InChI=1S/C18H17FN4O4S/c1-25-10-27-18-12(19)4-5-14(26-2)17(18)13(24)6-16(28-3)23-15-9-21-11(7-20)8-22-15/h4-6,8-9H,10H2,1-3H3,(H,22,23). The monoisotopic (exact) mass is 404 g/mol. The quantitative estimate of drug-likeness (QED) is 0.383. The van der Waals surface area contributed by atoms with Gasteiger partial charge >= 0.3 is 0 Å². The first-order chi connectivity index (χ1) is 13.5.